The van der Waals surface area contributed by atoms with Crippen LogP contribution in [0.15, 0.2) is 18.2 Å². The van der Waals surface area contributed by atoms with Gasteiger partial charge in [0.25, 0.3) is 5.69 Å². The zero-order valence-electron chi connectivity index (χ0n) is 8.97. The number of hydrogen-bond acceptors (Lipinski definition) is 4. The predicted molar refractivity (Wildman–Crippen MR) is 62.7 cm³/mol. The molecule has 5 nitrogen and oxygen atoms in total. The number of carbonyl (C=O) groups is 1. The van der Waals surface area contributed by atoms with Crippen LogP contribution < -0.4 is 0 Å². The van der Waals surface area contributed by atoms with E-state index >= 15 is 0 Å². The molecule has 0 aliphatic carbocycles. The molecule has 96 valence electrons. The Bertz CT molecular complexity index is 366. The first-order chi connectivity index (χ1) is 7.56. The van der Waals surface area contributed by atoms with Gasteiger partial charge >= 0.3 is 0 Å². The van der Waals surface area contributed by atoms with Crippen molar-refractivity contribution in [2.75, 3.05) is 13.7 Å². The number of nitro benzene ring substituents is 1. The van der Waals surface area contributed by atoms with Gasteiger partial charge in [0.05, 0.1) is 16.6 Å². The van der Waals surface area contributed by atoms with Crippen LogP contribution in [0.25, 0.3) is 0 Å². The SMILES string of the molecule is C.CCOC.O=Cc1ccc([N+](=O)[O-])cc1F. The predicted octanol–water partition coefficient (Wildman–Crippen LogP) is 2.84. The molecule has 0 spiro atoms. The van der Waals surface area contributed by atoms with Gasteiger partial charge in [0, 0.05) is 19.8 Å². The second-order valence-electron chi connectivity index (χ2n) is 2.66. The van der Waals surface area contributed by atoms with Gasteiger partial charge in [0.1, 0.15) is 5.82 Å². The lowest BCUT2D eigenvalue weighted by Gasteiger charge is -1.93. The number of carbonyl (C=O) groups excluding carboxylic acids is 1. The lowest BCUT2D eigenvalue weighted by Crippen LogP contribution is -1.92. The van der Waals surface area contributed by atoms with Crippen LogP contribution in [0.3, 0.4) is 0 Å². The molecule has 0 aliphatic rings. The summed E-state index contributed by atoms with van der Waals surface area (Å²) < 4.78 is 17.2. The van der Waals surface area contributed by atoms with Crippen LogP contribution in [0.2, 0.25) is 0 Å². The van der Waals surface area contributed by atoms with Crippen molar-refractivity contribution in [3.05, 3.63) is 39.7 Å². The lowest BCUT2D eigenvalue weighted by atomic mass is 10.2. The van der Waals surface area contributed by atoms with Crippen molar-refractivity contribution in [2.45, 2.75) is 14.4 Å². The zero-order chi connectivity index (χ0) is 12.6. The first-order valence-electron chi connectivity index (χ1n) is 4.44. The fraction of sp³-hybridized carbons (Fsp3) is 0.364. The van der Waals surface area contributed by atoms with Crippen LogP contribution in [0.4, 0.5) is 10.1 Å². The van der Waals surface area contributed by atoms with Crippen molar-refractivity contribution in [1.82, 2.24) is 0 Å². The summed E-state index contributed by atoms with van der Waals surface area (Å²) in [6.07, 6.45) is 0.305. The summed E-state index contributed by atoms with van der Waals surface area (Å²) in [7, 11) is 1.68. The number of non-ortho nitro benzene ring substituents is 1. The topological polar surface area (TPSA) is 69.4 Å². The minimum atomic E-state index is -0.876. The van der Waals surface area contributed by atoms with Gasteiger partial charge in [-0.3, -0.25) is 14.9 Å². The van der Waals surface area contributed by atoms with Crippen LogP contribution in [0, 0.1) is 15.9 Å². The Morgan fingerprint density at radius 1 is 1.53 bits per heavy atom. The summed E-state index contributed by atoms with van der Waals surface area (Å²) in [5, 5.41) is 10.1. The molecule has 6 heteroatoms. The first-order valence-corrected chi connectivity index (χ1v) is 4.44. The van der Waals surface area contributed by atoms with Gasteiger partial charge in [0.2, 0.25) is 0 Å². The number of rotatable bonds is 3. The molecular formula is C11H16FNO4. The van der Waals surface area contributed by atoms with Gasteiger partial charge in [-0.25, -0.2) is 4.39 Å². The number of ether oxygens (including phenoxy) is 1. The molecule has 0 radical (unpaired) electrons. The molecule has 0 saturated carbocycles. The normalized spacial score (nSPS) is 8.41. The van der Waals surface area contributed by atoms with Crippen LogP contribution in [-0.4, -0.2) is 24.9 Å². The van der Waals surface area contributed by atoms with E-state index < -0.39 is 10.7 Å². The van der Waals surface area contributed by atoms with Crippen molar-refractivity contribution in [1.29, 1.82) is 0 Å². The fourth-order valence-electron chi connectivity index (χ4n) is 0.725. The standard InChI is InChI=1S/C7H4FNO3.C3H8O.CH4/c8-7-3-6(9(11)12)2-1-5(7)4-10;1-3-4-2;/h1-4H;3H2,1-2H3;1H4. The van der Waals surface area contributed by atoms with Gasteiger partial charge in [-0.2, -0.15) is 0 Å². The molecule has 0 fully saturated rings. The summed E-state index contributed by atoms with van der Waals surface area (Å²) in [4.78, 5) is 19.5. The second kappa shape index (κ2) is 9.41. The Kier molecular flexibility index (Phi) is 9.73. The molecule has 0 atom stereocenters. The maximum atomic E-state index is 12.7. The maximum Gasteiger partial charge on any atom is 0.272 e. The third-order valence-electron chi connectivity index (χ3n) is 1.61. The van der Waals surface area contributed by atoms with Crippen molar-refractivity contribution in [2.24, 2.45) is 0 Å². The summed E-state index contributed by atoms with van der Waals surface area (Å²) in [6, 6.07) is 2.86. The van der Waals surface area contributed by atoms with Crippen molar-refractivity contribution in [3.8, 4) is 0 Å². The van der Waals surface area contributed by atoms with E-state index in [2.05, 4.69) is 4.74 Å². The average Bonchev–Trinajstić information content (AvgIpc) is 2.29. The van der Waals surface area contributed by atoms with Crippen LogP contribution in [0.5, 0.6) is 0 Å². The minimum absolute atomic E-state index is 0. The van der Waals surface area contributed by atoms with E-state index in [1.165, 1.54) is 0 Å². The number of benzene rings is 1. The summed E-state index contributed by atoms with van der Waals surface area (Å²) in [6.45, 7) is 2.78. The molecule has 0 bridgehead atoms. The Morgan fingerprint density at radius 2 is 2.06 bits per heavy atom. The number of halogens is 1. The molecule has 1 aromatic carbocycles. The van der Waals surface area contributed by atoms with Crippen LogP contribution in [0.1, 0.15) is 24.7 Å². The quantitative estimate of drug-likeness (QED) is 0.466. The molecule has 0 saturated heterocycles. The largest absolute Gasteiger partial charge is 0.385 e. The van der Waals surface area contributed by atoms with E-state index in [0.29, 0.717) is 12.4 Å². The molecule has 17 heavy (non-hydrogen) atoms. The Labute approximate surface area is 99.4 Å². The summed E-state index contributed by atoms with van der Waals surface area (Å²) in [5.41, 5.74) is -0.543. The molecule has 0 aliphatic heterocycles. The molecule has 0 aromatic heterocycles. The van der Waals surface area contributed by atoms with E-state index in [9.17, 15) is 19.3 Å². The minimum Gasteiger partial charge on any atom is -0.385 e. The average molecular weight is 245 g/mol. The maximum absolute atomic E-state index is 12.7. The molecule has 0 amide bonds. The number of nitro groups is 1. The third-order valence-corrected chi connectivity index (χ3v) is 1.61. The van der Waals surface area contributed by atoms with Gasteiger partial charge in [-0.1, -0.05) is 7.43 Å². The van der Waals surface area contributed by atoms with E-state index in [-0.39, 0.29) is 18.7 Å². The molecule has 0 unspecified atom stereocenters. The van der Waals surface area contributed by atoms with E-state index in [1.54, 1.807) is 7.11 Å². The van der Waals surface area contributed by atoms with Gasteiger partial charge in [-0.15, -0.1) is 0 Å². The Balaban J connectivity index is 0. The number of hydrogen-bond donors (Lipinski definition) is 0. The van der Waals surface area contributed by atoms with E-state index in [1.807, 2.05) is 6.92 Å². The Hall–Kier alpha value is -1.82. The molecule has 1 aromatic rings. The monoisotopic (exact) mass is 245 g/mol. The summed E-state index contributed by atoms with van der Waals surface area (Å²) in [5.74, 6) is -0.876. The number of methoxy groups -OCH3 is 1. The highest BCUT2D eigenvalue weighted by atomic mass is 19.1. The highest BCUT2D eigenvalue weighted by Gasteiger charge is 2.09. The summed E-state index contributed by atoms with van der Waals surface area (Å²) >= 11 is 0. The van der Waals surface area contributed by atoms with E-state index in [4.69, 9.17) is 0 Å². The smallest absolute Gasteiger partial charge is 0.272 e. The van der Waals surface area contributed by atoms with Crippen LogP contribution in [-0.2, 0) is 4.74 Å². The fourth-order valence-corrected chi connectivity index (χ4v) is 0.725. The van der Waals surface area contributed by atoms with Gasteiger partial charge in [0.15, 0.2) is 6.29 Å². The molecule has 0 heterocycles. The van der Waals surface area contributed by atoms with Crippen molar-refractivity contribution in [3.63, 3.8) is 0 Å². The molecule has 0 N–H and O–H groups in total. The highest BCUT2D eigenvalue weighted by molar-refractivity contribution is 5.75. The second-order valence-corrected chi connectivity index (χ2v) is 2.66. The Morgan fingerprint density at radius 3 is 2.35 bits per heavy atom. The van der Waals surface area contributed by atoms with Gasteiger partial charge in [-0.05, 0) is 13.0 Å². The van der Waals surface area contributed by atoms with Crippen molar-refractivity contribution >= 4 is 12.0 Å². The molecule has 1 rings (SSSR count). The number of nitrogens with zero attached hydrogens (tertiary/aromatic N) is 1. The van der Waals surface area contributed by atoms with Crippen molar-refractivity contribution < 1.29 is 18.8 Å². The van der Waals surface area contributed by atoms with Gasteiger partial charge < -0.3 is 4.74 Å². The highest BCUT2D eigenvalue weighted by Crippen LogP contribution is 2.14. The molecular weight excluding hydrogens is 229 g/mol. The first kappa shape index (κ1) is 17.6. The zero-order valence-corrected chi connectivity index (χ0v) is 8.97. The lowest BCUT2D eigenvalue weighted by molar-refractivity contribution is -0.385. The van der Waals surface area contributed by atoms with E-state index in [0.717, 1.165) is 18.7 Å². The third kappa shape index (κ3) is 6.36. The number of aldehydes is 1. The van der Waals surface area contributed by atoms with Crippen LogP contribution >= 0.6 is 0 Å².